The van der Waals surface area contributed by atoms with Crippen LogP contribution in [0.5, 0.6) is 0 Å². The lowest BCUT2D eigenvalue weighted by atomic mass is 9.32. The molecule has 0 fully saturated rings. The predicted octanol–water partition coefficient (Wildman–Crippen LogP) is 13.1. The van der Waals surface area contributed by atoms with Crippen molar-refractivity contribution in [2.45, 2.75) is 26.3 Å². The minimum atomic E-state index is 0.0504. The van der Waals surface area contributed by atoms with Gasteiger partial charge < -0.3 is 14.7 Å². The molecule has 60 heavy (non-hydrogen) atoms. The number of hydrogen-bond acceptors (Lipinski definition) is 3. The van der Waals surface area contributed by atoms with Crippen molar-refractivity contribution in [2.75, 3.05) is 14.7 Å². The van der Waals surface area contributed by atoms with E-state index in [2.05, 4.69) is 241 Å². The van der Waals surface area contributed by atoms with Gasteiger partial charge in [-0.2, -0.15) is 0 Å². The molecular weight excluding hydrogens is 725 g/mol. The van der Waals surface area contributed by atoms with Crippen molar-refractivity contribution in [2.24, 2.45) is 0 Å². The third-order valence-electron chi connectivity index (χ3n) is 12.5. The molecule has 4 heteroatoms. The van der Waals surface area contributed by atoms with E-state index in [1.807, 2.05) is 0 Å². The predicted molar refractivity (Wildman–Crippen MR) is 255 cm³/mol. The van der Waals surface area contributed by atoms with Crippen molar-refractivity contribution in [3.63, 3.8) is 0 Å². The van der Waals surface area contributed by atoms with E-state index in [1.54, 1.807) is 0 Å². The summed E-state index contributed by atoms with van der Waals surface area (Å²) in [6.07, 6.45) is 5.75. The maximum Gasteiger partial charge on any atom is 0.251 e. The zero-order valence-corrected chi connectivity index (χ0v) is 33.9. The van der Waals surface area contributed by atoms with Crippen LogP contribution in [0.4, 0.5) is 39.8 Å². The summed E-state index contributed by atoms with van der Waals surface area (Å²) in [4.78, 5) is 7.58. The Hall–Kier alpha value is -7.30. The monoisotopic (exact) mass is 769 g/mol. The molecule has 0 N–H and O–H groups in total. The second-order valence-electron chi connectivity index (χ2n) is 16.3. The van der Waals surface area contributed by atoms with Gasteiger partial charge in [-0.05, 0) is 119 Å². The van der Waals surface area contributed by atoms with Crippen molar-refractivity contribution in [3.8, 4) is 22.3 Å². The molecule has 0 saturated heterocycles. The van der Waals surface area contributed by atoms with Gasteiger partial charge in [0.05, 0.1) is 6.04 Å². The van der Waals surface area contributed by atoms with Crippen LogP contribution in [0.3, 0.4) is 0 Å². The van der Waals surface area contributed by atoms with Crippen LogP contribution in [0.1, 0.15) is 17.5 Å². The molecule has 0 radical (unpaired) electrons. The van der Waals surface area contributed by atoms with E-state index in [0.717, 1.165) is 17.8 Å². The molecule has 0 aromatic heterocycles. The van der Waals surface area contributed by atoms with E-state index in [4.69, 9.17) is 0 Å². The van der Waals surface area contributed by atoms with Crippen molar-refractivity contribution in [3.05, 3.63) is 235 Å². The number of allylic oxidation sites excluding steroid dienone is 2. The molecule has 3 aliphatic rings. The molecule has 8 aromatic carbocycles. The van der Waals surface area contributed by atoms with Gasteiger partial charge in [0.2, 0.25) is 0 Å². The number of fused-ring (bicyclic) bond motifs is 3. The quantitative estimate of drug-likeness (QED) is 0.150. The maximum absolute atomic E-state index is 2.56. The fourth-order valence-corrected chi connectivity index (χ4v) is 9.71. The van der Waals surface area contributed by atoms with Gasteiger partial charge >= 0.3 is 0 Å². The highest BCUT2D eigenvalue weighted by Crippen LogP contribution is 2.47. The van der Waals surface area contributed by atoms with E-state index in [9.17, 15) is 0 Å². The van der Waals surface area contributed by atoms with Gasteiger partial charge in [0.15, 0.2) is 0 Å². The molecule has 0 saturated carbocycles. The SMILES string of the molecule is Cc1ccc(N2c3ccc(C)cc3B3C4=C(CC(N(c5ccc(-c6ccccc6)cc5)c5ccc(-c6ccccc6)cc5)C=C4)N(c4ccccc4)c4cccc2c43)cc1. The lowest BCUT2D eigenvalue weighted by molar-refractivity contribution is 0.741. The van der Waals surface area contributed by atoms with Gasteiger partial charge in [0, 0.05) is 51.9 Å². The Balaban J connectivity index is 1.07. The summed E-state index contributed by atoms with van der Waals surface area (Å²) in [6.45, 7) is 4.47. The fraction of sp³-hybridized carbons (Fsp3) is 0.0714. The standard InChI is InChI=1S/C56H44BN3/c1-39-21-28-48(29-22-39)59-52-36-23-40(2)37-51(52)57-50-35-34-49(38-55(50)60(45-17-10-5-11-18-45)54-20-12-19-53(59)56(54)57)58(46-30-24-43(25-31-46)41-13-6-3-7-14-41)47-32-26-44(27-33-47)42-15-8-4-9-16-42/h3-37,49H,38H2,1-2H3. The van der Waals surface area contributed by atoms with Crippen LogP contribution in [-0.2, 0) is 0 Å². The Labute approximate surface area is 353 Å². The average molecular weight is 770 g/mol. The van der Waals surface area contributed by atoms with Gasteiger partial charge in [-0.3, -0.25) is 0 Å². The Bertz CT molecular complexity index is 2820. The van der Waals surface area contributed by atoms with Gasteiger partial charge in [0.1, 0.15) is 0 Å². The highest BCUT2D eigenvalue weighted by molar-refractivity contribution is 6.95. The molecule has 0 spiro atoms. The van der Waals surface area contributed by atoms with Crippen molar-refractivity contribution >= 4 is 57.5 Å². The molecule has 2 aliphatic heterocycles. The van der Waals surface area contributed by atoms with Crippen molar-refractivity contribution in [1.29, 1.82) is 0 Å². The first-order chi connectivity index (χ1) is 29.6. The molecule has 1 aliphatic carbocycles. The van der Waals surface area contributed by atoms with Crippen LogP contribution in [0.25, 0.3) is 22.3 Å². The lowest BCUT2D eigenvalue weighted by Gasteiger charge is -2.47. The number of para-hydroxylation sites is 1. The van der Waals surface area contributed by atoms with Crippen LogP contribution in [0, 0.1) is 13.8 Å². The first-order valence-corrected chi connectivity index (χ1v) is 21.1. The van der Waals surface area contributed by atoms with Gasteiger partial charge in [-0.15, -0.1) is 0 Å². The Morgan fingerprint density at radius 2 is 0.983 bits per heavy atom. The Morgan fingerprint density at radius 3 is 1.58 bits per heavy atom. The first kappa shape index (κ1) is 35.8. The summed E-state index contributed by atoms with van der Waals surface area (Å²) in [5, 5.41) is 0. The molecule has 1 atom stereocenters. The number of hydrogen-bond donors (Lipinski definition) is 0. The summed E-state index contributed by atoms with van der Waals surface area (Å²) in [5.41, 5.74) is 21.2. The van der Waals surface area contributed by atoms with E-state index in [1.165, 1.54) is 83.9 Å². The lowest BCUT2D eigenvalue weighted by Crippen LogP contribution is -2.56. The number of nitrogens with zero attached hydrogens (tertiary/aromatic N) is 3. The van der Waals surface area contributed by atoms with E-state index < -0.39 is 0 Å². The van der Waals surface area contributed by atoms with Gasteiger partial charge in [-0.1, -0.05) is 157 Å². The van der Waals surface area contributed by atoms with Crippen molar-refractivity contribution < 1.29 is 0 Å². The smallest absolute Gasteiger partial charge is 0.251 e. The fourth-order valence-electron chi connectivity index (χ4n) is 9.71. The normalized spacial score (nSPS) is 15.0. The number of anilines is 7. The zero-order chi connectivity index (χ0) is 40.2. The van der Waals surface area contributed by atoms with Crippen LogP contribution in [-0.4, -0.2) is 12.8 Å². The molecule has 0 bridgehead atoms. The number of benzene rings is 8. The van der Waals surface area contributed by atoms with Crippen LogP contribution >= 0.6 is 0 Å². The minimum absolute atomic E-state index is 0.0504. The van der Waals surface area contributed by atoms with E-state index >= 15 is 0 Å². The summed E-state index contributed by atoms with van der Waals surface area (Å²) in [6, 6.07) is 73.5. The number of aryl methyl sites for hydroxylation is 2. The second kappa shape index (κ2) is 14.8. The molecule has 11 rings (SSSR count). The Kier molecular flexibility index (Phi) is 8.85. The summed E-state index contributed by atoms with van der Waals surface area (Å²) in [5.74, 6) is 0. The zero-order valence-electron chi connectivity index (χ0n) is 33.9. The topological polar surface area (TPSA) is 9.72 Å². The molecule has 8 aromatic rings. The molecular formula is C56H44BN3. The summed E-state index contributed by atoms with van der Waals surface area (Å²) >= 11 is 0. The van der Waals surface area contributed by atoms with Crippen LogP contribution < -0.4 is 25.6 Å². The van der Waals surface area contributed by atoms with Crippen molar-refractivity contribution in [1.82, 2.24) is 0 Å². The molecule has 3 nitrogen and oxygen atoms in total. The molecule has 2 heterocycles. The highest BCUT2D eigenvalue weighted by atomic mass is 15.2. The maximum atomic E-state index is 2.56. The number of rotatable bonds is 7. The molecule has 286 valence electrons. The largest absolute Gasteiger partial charge is 0.334 e. The van der Waals surface area contributed by atoms with E-state index in [0.29, 0.717) is 0 Å². The molecule has 0 amide bonds. The van der Waals surface area contributed by atoms with Crippen LogP contribution in [0.15, 0.2) is 224 Å². The third kappa shape index (κ3) is 6.15. The third-order valence-corrected chi connectivity index (χ3v) is 12.5. The van der Waals surface area contributed by atoms with Gasteiger partial charge in [-0.25, -0.2) is 0 Å². The highest BCUT2D eigenvalue weighted by Gasteiger charge is 2.45. The summed E-state index contributed by atoms with van der Waals surface area (Å²) < 4.78 is 0. The van der Waals surface area contributed by atoms with E-state index in [-0.39, 0.29) is 12.8 Å². The summed E-state index contributed by atoms with van der Waals surface area (Å²) in [7, 11) is 0. The minimum Gasteiger partial charge on any atom is -0.334 e. The first-order valence-electron chi connectivity index (χ1n) is 21.1. The van der Waals surface area contributed by atoms with Gasteiger partial charge in [0.25, 0.3) is 6.71 Å². The van der Waals surface area contributed by atoms with Crippen LogP contribution in [0.2, 0.25) is 0 Å². The second-order valence-corrected chi connectivity index (χ2v) is 16.3. The Morgan fingerprint density at radius 1 is 0.467 bits per heavy atom. The average Bonchev–Trinajstić information content (AvgIpc) is 3.31. The molecule has 1 unspecified atom stereocenters.